The first-order valence-corrected chi connectivity index (χ1v) is 6.03. The molecule has 1 fully saturated rings. The number of hydrogen-bond acceptors (Lipinski definition) is 0. The van der Waals surface area contributed by atoms with Gasteiger partial charge in [-0.05, 0) is 30.1 Å². The molecule has 3 heteroatoms. The smallest absolute Gasteiger partial charge is 0.186 e. The highest BCUT2D eigenvalue weighted by Crippen LogP contribution is 2.33. The first-order chi connectivity index (χ1) is 7.66. The minimum absolute atomic E-state index is 0.521. The summed E-state index contributed by atoms with van der Waals surface area (Å²) in [6.45, 7) is 0. The van der Waals surface area contributed by atoms with E-state index in [1.807, 2.05) is 0 Å². The maximum absolute atomic E-state index is 13.1. The highest BCUT2D eigenvalue weighted by molar-refractivity contribution is 5.30. The zero-order valence-electron chi connectivity index (χ0n) is 9.26. The summed E-state index contributed by atoms with van der Waals surface area (Å²) < 4.78 is 39.0. The van der Waals surface area contributed by atoms with Gasteiger partial charge in [0.1, 0.15) is 5.83 Å². The summed E-state index contributed by atoms with van der Waals surface area (Å²) in [5.74, 6) is -0.437. The maximum Gasteiger partial charge on any atom is 0.186 e. The summed E-state index contributed by atoms with van der Waals surface area (Å²) in [6, 6.07) is 0. The van der Waals surface area contributed by atoms with Crippen molar-refractivity contribution in [1.82, 2.24) is 0 Å². The monoisotopic (exact) mass is 230 g/mol. The molecule has 2 aliphatic rings. The minimum Gasteiger partial charge on any atom is -0.239 e. The standard InChI is InChI=1S/C13H17F3/c14-11-7-10(8-12(15)13(11)16)6-9-4-2-1-3-5-9/h7-9,11,13H,1-6H2. The van der Waals surface area contributed by atoms with Crippen LogP contribution in [0.1, 0.15) is 38.5 Å². The molecule has 0 radical (unpaired) electrons. The second-order valence-electron chi connectivity index (χ2n) is 4.83. The molecule has 16 heavy (non-hydrogen) atoms. The van der Waals surface area contributed by atoms with Gasteiger partial charge in [0.15, 0.2) is 12.3 Å². The predicted molar refractivity (Wildman–Crippen MR) is 58.3 cm³/mol. The van der Waals surface area contributed by atoms with Gasteiger partial charge in [0, 0.05) is 0 Å². The SMILES string of the molecule is FC1=CC(CC2CCCCC2)=CC(F)C1F. The lowest BCUT2D eigenvalue weighted by Crippen LogP contribution is -2.20. The molecule has 0 bridgehead atoms. The Morgan fingerprint density at radius 2 is 1.81 bits per heavy atom. The lowest BCUT2D eigenvalue weighted by Gasteiger charge is -2.24. The van der Waals surface area contributed by atoms with Crippen LogP contribution in [-0.2, 0) is 0 Å². The number of allylic oxidation sites excluding steroid dienone is 4. The van der Waals surface area contributed by atoms with Crippen molar-refractivity contribution in [2.24, 2.45) is 5.92 Å². The number of alkyl halides is 2. The van der Waals surface area contributed by atoms with Crippen LogP contribution in [0.25, 0.3) is 0 Å². The molecule has 0 aromatic heterocycles. The van der Waals surface area contributed by atoms with E-state index in [4.69, 9.17) is 0 Å². The fourth-order valence-corrected chi connectivity index (χ4v) is 2.60. The van der Waals surface area contributed by atoms with Crippen molar-refractivity contribution in [2.75, 3.05) is 0 Å². The molecule has 0 nitrogen and oxygen atoms in total. The van der Waals surface area contributed by atoms with Gasteiger partial charge in [0.05, 0.1) is 0 Å². The summed E-state index contributed by atoms with van der Waals surface area (Å²) in [5, 5.41) is 0. The second kappa shape index (κ2) is 5.07. The van der Waals surface area contributed by atoms with Gasteiger partial charge in [0.25, 0.3) is 0 Å². The summed E-state index contributed by atoms with van der Waals surface area (Å²) in [5.41, 5.74) is 0.630. The molecule has 2 aliphatic carbocycles. The summed E-state index contributed by atoms with van der Waals surface area (Å²) in [7, 11) is 0. The van der Waals surface area contributed by atoms with Gasteiger partial charge in [-0.2, -0.15) is 0 Å². The van der Waals surface area contributed by atoms with Crippen LogP contribution < -0.4 is 0 Å². The van der Waals surface area contributed by atoms with E-state index >= 15 is 0 Å². The predicted octanol–water partition coefficient (Wildman–Crippen LogP) is 4.43. The van der Waals surface area contributed by atoms with Crippen molar-refractivity contribution in [3.05, 3.63) is 23.6 Å². The molecular formula is C13H17F3. The van der Waals surface area contributed by atoms with Crippen LogP contribution in [-0.4, -0.2) is 12.3 Å². The molecule has 0 spiro atoms. The van der Waals surface area contributed by atoms with Crippen LogP contribution >= 0.6 is 0 Å². The Hall–Kier alpha value is -0.730. The van der Waals surface area contributed by atoms with Crippen molar-refractivity contribution >= 4 is 0 Å². The molecular weight excluding hydrogens is 213 g/mol. The van der Waals surface area contributed by atoms with Crippen LogP contribution in [0, 0.1) is 5.92 Å². The Balaban J connectivity index is 1.97. The average Bonchev–Trinajstić information content (AvgIpc) is 2.27. The number of halogens is 3. The van der Waals surface area contributed by atoms with Crippen molar-refractivity contribution in [3.8, 4) is 0 Å². The van der Waals surface area contributed by atoms with E-state index in [0.717, 1.165) is 12.8 Å². The molecule has 0 saturated heterocycles. The lowest BCUT2D eigenvalue weighted by atomic mass is 9.83. The van der Waals surface area contributed by atoms with Crippen LogP contribution in [0.2, 0.25) is 0 Å². The second-order valence-corrected chi connectivity index (χ2v) is 4.83. The number of rotatable bonds is 2. The minimum atomic E-state index is -2.09. The summed E-state index contributed by atoms with van der Waals surface area (Å²) >= 11 is 0. The molecule has 0 N–H and O–H groups in total. The van der Waals surface area contributed by atoms with E-state index in [-0.39, 0.29) is 0 Å². The normalized spacial score (nSPS) is 32.2. The van der Waals surface area contributed by atoms with E-state index in [9.17, 15) is 13.2 Å². The zero-order valence-corrected chi connectivity index (χ0v) is 9.26. The van der Waals surface area contributed by atoms with Gasteiger partial charge in [-0.1, -0.05) is 32.1 Å². The Morgan fingerprint density at radius 3 is 2.44 bits per heavy atom. The van der Waals surface area contributed by atoms with Gasteiger partial charge >= 0.3 is 0 Å². The van der Waals surface area contributed by atoms with Gasteiger partial charge in [-0.25, -0.2) is 13.2 Å². The van der Waals surface area contributed by atoms with Crippen molar-refractivity contribution < 1.29 is 13.2 Å². The van der Waals surface area contributed by atoms with Gasteiger partial charge in [-0.3, -0.25) is 0 Å². The third-order valence-corrected chi connectivity index (χ3v) is 3.49. The summed E-state index contributed by atoms with van der Waals surface area (Å²) in [4.78, 5) is 0. The van der Waals surface area contributed by atoms with E-state index in [2.05, 4.69) is 0 Å². The Morgan fingerprint density at radius 1 is 1.12 bits per heavy atom. The molecule has 2 atom stereocenters. The topological polar surface area (TPSA) is 0 Å². The lowest BCUT2D eigenvalue weighted by molar-refractivity contribution is 0.204. The van der Waals surface area contributed by atoms with Crippen molar-refractivity contribution in [3.63, 3.8) is 0 Å². The van der Waals surface area contributed by atoms with Crippen molar-refractivity contribution in [1.29, 1.82) is 0 Å². The van der Waals surface area contributed by atoms with Crippen LogP contribution in [0.5, 0.6) is 0 Å². The average molecular weight is 230 g/mol. The van der Waals surface area contributed by atoms with Gasteiger partial charge in [-0.15, -0.1) is 0 Å². The largest absolute Gasteiger partial charge is 0.239 e. The molecule has 2 unspecified atom stereocenters. The Kier molecular flexibility index (Phi) is 3.72. The molecule has 0 aromatic carbocycles. The van der Waals surface area contributed by atoms with Crippen LogP contribution in [0.15, 0.2) is 23.6 Å². The van der Waals surface area contributed by atoms with Crippen LogP contribution in [0.3, 0.4) is 0 Å². The molecule has 1 saturated carbocycles. The van der Waals surface area contributed by atoms with Crippen LogP contribution in [0.4, 0.5) is 13.2 Å². The Bertz CT molecular complexity index is 300. The maximum atomic E-state index is 13.1. The van der Waals surface area contributed by atoms with E-state index in [1.165, 1.54) is 31.4 Å². The fourth-order valence-electron chi connectivity index (χ4n) is 2.60. The van der Waals surface area contributed by atoms with E-state index < -0.39 is 18.2 Å². The quantitative estimate of drug-likeness (QED) is 0.658. The molecule has 0 aromatic rings. The first kappa shape index (κ1) is 11.7. The molecule has 2 rings (SSSR count). The highest BCUT2D eigenvalue weighted by atomic mass is 19.2. The highest BCUT2D eigenvalue weighted by Gasteiger charge is 2.28. The van der Waals surface area contributed by atoms with E-state index in [1.54, 1.807) is 0 Å². The first-order valence-electron chi connectivity index (χ1n) is 6.03. The third kappa shape index (κ3) is 2.69. The molecule has 0 aliphatic heterocycles. The molecule has 0 heterocycles. The molecule has 0 amide bonds. The Labute approximate surface area is 94.2 Å². The molecule has 90 valence electrons. The van der Waals surface area contributed by atoms with Crippen molar-refractivity contribution in [2.45, 2.75) is 50.9 Å². The zero-order chi connectivity index (χ0) is 11.5. The van der Waals surface area contributed by atoms with Gasteiger partial charge in [0.2, 0.25) is 0 Å². The summed E-state index contributed by atoms with van der Waals surface area (Å²) in [6.07, 6.45) is 5.14. The third-order valence-electron chi connectivity index (χ3n) is 3.49. The van der Waals surface area contributed by atoms with Gasteiger partial charge < -0.3 is 0 Å². The van der Waals surface area contributed by atoms with E-state index in [0.29, 0.717) is 17.9 Å². The fraction of sp³-hybridized carbons (Fsp3) is 0.692. The number of hydrogen-bond donors (Lipinski definition) is 0.